The second kappa shape index (κ2) is 4.82. The minimum absolute atomic E-state index is 0.167. The molecule has 0 aliphatic heterocycles. The zero-order valence-corrected chi connectivity index (χ0v) is 10.6. The SMILES string of the molecule is CC(=O)N(C)C[C@@H]1[C@H](C)C=C(C)C[C@@H]1C. The topological polar surface area (TPSA) is 20.3 Å². The van der Waals surface area contributed by atoms with Crippen LogP contribution in [0.1, 0.15) is 34.1 Å². The van der Waals surface area contributed by atoms with Gasteiger partial charge in [0.15, 0.2) is 0 Å². The lowest BCUT2D eigenvalue weighted by Gasteiger charge is -2.35. The summed E-state index contributed by atoms with van der Waals surface area (Å²) in [7, 11) is 1.90. The molecule has 1 rings (SSSR count). The number of carbonyl (C=O) groups excluding carboxylic acids is 1. The fourth-order valence-electron chi connectivity index (χ4n) is 2.61. The zero-order valence-electron chi connectivity index (χ0n) is 10.6. The number of amides is 1. The van der Waals surface area contributed by atoms with Crippen molar-refractivity contribution < 1.29 is 4.79 Å². The van der Waals surface area contributed by atoms with Crippen LogP contribution < -0.4 is 0 Å². The smallest absolute Gasteiger partial charge is 0.219 e. The molecule has 0 unspecified atom stereocenters. The molecule has 15 heavy (non-hydrogen) atoms. The van der Waals surface area contributed by atoms with Crippen LogP contribution in [-0.2, 0) is 4.79 Å². The molecular formula is C13H23NO. The summed E-state index contributed by atoms with van der Waals surface area (Å²) < 4.78 is 0. The second-order valence-corrected chi connectivity index (χ2v) is 5.12. The Morgan fingerprint density at radius 2 is 2.13 bits per heavy atom. The predicted octanol–water partition coefficient (Wildman–Crippen LogP) is 2.70. The molecule has 0 bridgehead atoms. The highest BCUT2D eigenvalue weighted by molar-refractivity contribution is 5.72. The van der Waals surface area contributed by atoms with E-state index in [2.05, 4.69) is 26.8 Å². The number of nitrogens with zero attached hydrogens (tertiary/aromatic N) is 1. The lowest BCUT2D eigenvalue weighted by Crippen LogP contribution is -2.36. The summed E-state index contributed by atoms with van der Waals surface area (Å²) in [6.45, 7) is 9.29. The average Bonchev–Trinajstić information content (AvgIpc) is 2.10. The summed E-state index contributed by atoms with van der Waals surface area (Å²) in [5, 5.41) is 0. The van der Waals surface area contributed by atoms with E-state index in [1.165, 1.54) is 12.0 Å². The molecule has 3 atom stereocenters. The van der Waals surface area contributed by atoms with E-state index in [0.29, 0.717) is 17.8 Å². The Bertz CT molecular complexity index is 270. The summed E-state index contributed by atoms with van der Waals surface area (Å²) in [6, 6.07) is 0. The van der Waals surface area contributed by atoms with Crippen molar-refractivity contribution in [2.24, 2.45) is 17.8 Å². The van der Waals surface area contributed by atoms with Gasteiger partial charge >= 0.3 is 0 Å². The van der Waals surface area contributed by atoms with Gasteiger partial charge in [-0.25, -0.2) is 0 Å². The van der Waals surface area contributed by atoms with Crippen molar-refractivity contribution in [3.05, 3.63) is 11.6 Å². The molecule has 0 fully saturated rings. The van der Waals surface area contributed by atoms with E-state index in [1.807, 2.05) is 11.9 Å². The first-order valence-electron chi connectivity index (χ1n) is 5.80. The van der Waals surface area contributed by atoms with Gasteiger partial charge in [0, 0.05) is 20.5 Å². The van der Waals surface area contributed by atoms with Crippen LogP contribution in [0, 0.1) is 17.8 Å². The third-order valence-electron chi connectivity index (χ3n) is 3.62. The van der Waals surface area contributed by atoms with Gasteiger partial charge in [-0.05, 0) is 31.1 Å². The first-order valence-corrected chi connectivity index (χ1v) is 5.80. The molecule has 0 aromatic heterocycles. The third-order valence-corrected chi connectivity index (χ3v) is 3.62. The van der Waals surface area contributed by atoms with Gasteiger partial charge in [-0.15, -0.1) is 0 Å². The van der Waals surface area contributed by atoms with Crippen molar-refractivity contribution in [2.75, 3.05) is 13.6 Å². The van der Waals surface area contributed by atoms with Crippen molar-refractivity contribution in [2.45, 2.75) is 34.1 Å². The number of allylic oxidation sites excluding steroid dienone is 2. The minimum atomic E-state index is 0.167. The van der Waals surface area contributed by atoms with Crippen molar-refractivity contribution in [3.8, 4) is 0 Å². The van der Waals surface area contributed by atoms with E-state index in [-0.39, 0.29) is 5.91 Å². The molecule has 0 saturated heterocycles. The van der Waals surface area contributed by atoms with E-state index in [1.54, 1.807) is 6.92 Å². The quantitative estimate of drug-likeness (QED) is 0.640. The summed E-state index contributed by atoms with van der Waals surface area (Å²) in [5.41, 5.74) is 1.50. The van der Waals surface area contributed by atoms with Crippen LogP contribution in [0.2, 0.25) is 0 Å². The Balaban J connectivity index is 2.65. The lowest BCUT2D eigenvalue weighted by atomic mass is 9.75. The van der Waals surface area contributed by atoms with E-state index >= 15 is 0 Å². The monoisotopic (exact) mass is 209 g/mol. The maximum Gasteiger partial charge on any atom is 0.219 e. The van der Waals surface area contributed by atoms with Crippen molar-refractivity contribution in [3.63, 3.8) is 0 Å². The molecule has 1 aliphatic rings. The fourth-order valence-corrected chi connectivity index (χ4v) is 2.61. The molecule has 2 nitrogen and oxygen atoms in total. The minimum Gasteiger partial charge on any atom is -0.346 e. The first-order chi connectivity index (χ1) is 6.91. The Morgan fingerprint density at radius 1 is 1.53 bits per heavy atom. The maximum absolute atomic E-state index is 11.2. The highest BCUT2D eigenvalue weighted by atomic mass is 16.2. The van der Waals surface area contributed by atoms with Gasteiger partial charge in [0.25, 0.3) is 0 Å². The van der Waals surface area contributed by atoms with Gasteiger partial charge in [0.1, 0.15) is 0 Å². The van der Waals surface area contributed by atoms with Crippen LogP contribution >= 0.6 is 0 Å². The molecule has 0 aromatic carbocycles. The van der Waals surface area contributed by atoms with Crippen LogP contribution in [-0.4, -0.2) is 24.4 Å². The van der Waals surface area contributed by atoms with E-state index in [4.69, 9.17) is 0 Å². The molecule has 0 spiro atoms. The van der Waals surface area contributed by atoms with Gasteiger partial charge < -0.3 is 4.90 Å². The van der Waals surface area contributed by atoms with Gasteiger partial charge in [-0.2, -0.15) is 0 Å². The van der Waals surface area contributed by atoms with Crippen LogP contribution in [0.4, 0.5) is 0 Å². The Kier molecular flexibility index (Phi) is 3.95. The normalized spacial score (nSPS) is 31.0. The molecular weight excluding hydrogens is 186 g/mol. The molecule has 0 N–H and O–H groups in total. The van der Waals surface area contributed by atoms with Crippen LogP contribution in [0.5, 0.6) is 0 Å². The molecule has 0 radical (unpaired) electrons. The average molecular weight is 209 g/mol. The molecule has 1 aliphatic carbocycles. The highest BCUT2D eigenvalue weighted by Crippen LogP contribution is 2.33. The van der Waals surface area contributed by atoms with Gasteiger partial charge in [-0.1, -0.05) is 25.5 Å². The molecule has 0 aromatic rings. The predicted molar refractivity (Wildman–Crippen MR) is 63.5 cm³/mol. The van der Waals surface area contributed by atoms with Crippen LogP contribution in [0.3, 0.4) is 0 Å². The van der Waals surface area contributed by atoms with Crippen molar-refractivity contribution in [1.82, 2.24) is 4.90 Å². The second-order valence-electron chi connectivity index (χ2n) is 5.12. The van der Waals surface area contributed by atoms with E-state index in [9.17, 15) is 4.79 Å². The summed E-state index contributed by atoms with van der Waals surface area (Å²) in [6.07, 6.45) is 3.54. The standard InChI is InChI=1S/C13H23NO/c1-9-6-10(2)13(11(3)7-9)8-14(5)12(4)15/h6,10-11,13H,7-8H2,1-5H3/t10-,11+,13-/m1/s1. The number of hydrogen-bond donors (Lipinski definition) is 0. The molecule has 2 heteroatoms. The summed E-state index contributed by atoms with van der Waals surface area (Å²) in [5.74, 6) is 2.06. The van der Waals surface area contributed by atoms with Crippen LogP contribution in [0.25, 0.3) is 0 Å². The number of carbonyl (C=O) groups is 1. The molecule has 86 valence electrons. The van der Waals surface area contributed by atoms with E-state index < -0.39 is 0 Å². The molecule has 1 amide bonds. The van der Waals surface area contributed by atoms with Gasteiger partial charge in [0.2, 0.25) is 5.91 Å². The van der Waals surface area contributed by atoms with Gasteiger partial charge in [0.05, 0.1) is 0 Å². The van der Waals surface area contributed by atoms with Crippen LogP contribution in [0.15, 0.2) is 11.6 Å². The van der Waals surface area contributed by atoms with Crippen molar-refractivity contribution in [1.29, 1.82) is 0 Å². The molecule has 0 saturated carbocycles. The number of hydrogen-bond acceptors (Lipinski definition) is 1. The Labute approximate surface area is 93.3 Å². The highest BCUT2D eigenvalue weighted by Gasteiger charge is 2.28. The first kappa shape index (κ1) is 12.3. The number of rotatable bonds is 2. The largest absolute Gasteiger partial charge is 0.346 e. The van der Waals surface area contributed by atoms with Gasteiger partial charge in [-0.3, -0.25) is 4.79 Å². The van der Waals surface area contributed by atoms with Crippen molar-refractivity contribution >= 4 is 5.91 Å². The summed E-state index contributed by atoms with van der Waals surface area (Å²) >= 11 is 0. The van der Waals surface area contributed by atoms with E-state index in [0.717, 1.165) is 6.54 Å². The zero-order chi connectivity index (χ0) is 11.6. The Hall–Kier alpha value is -0.790. The summed E-state index contributed by atoms with van der Waals surface area (Å²) in [4.78, 5) is 13.0. The fraction of sp³-hybridized carbons (Fsp3) is 0.769. The Morgan fingerprint density at radius 3 is 2.60 bits per heavy atom. The lowest BCUT2D eigenvalue weighted by molar-refractivity contribution is -0.128. The molecule has 0 heterocycles. The third kappa shape index (κ3) is 3.08. The maximum atomic E-state index is 11.2.